The van der Waals surface area contributed by atoms with E-state index in [1.165, 1.54) is 12.7 Å². The molecule has 2 rings (SSSR count). The largest absolute Gasteiger partial charge is 0.351 e. The fraction of sp³-hybridized carbons (Fsp3) is 0.333. The van der Waals surface area contributed by atoms with E-state index in [4.69, 9.17) is 5.73 Å². The van der Waals surface area contributed by atoms with Crippen LogP contribution >= 0.6 is 0 Å². The summed E-state index contributed by atoms with van der Waals surface area (Å²) >= 11 is 0. The Balaban J connectivity index is 1.86. The van der Waals surface area contributed by atoms with Crippen LogP contribution in [0.15, 0.2) is 25.0 Å². The van der Waals surface area contributed by atoms with E-state index in [-0.39, 0.29) is 6.42 Å². The van der Waals surface area contributed by atoms with E-state index < -0.39 is 18.0 Å². The minimum Gasteiger partial charge on any atom is -0.351 e. The van der Waals surface area contributed by atoms with E-state index in [1.54, 1.807) is 18.7 Å². The predicted octanol–water partition coefficient (Wildman–Crippen LogP) is -1.16. The molecule has 0 aromatic carbocycles. The zero-order valence-electron chi connectivity index (χ0n) is 10.7. The van der Waals surface area contributed by atoms with Crippen LogP contribution < -0.4 is 11.1 Å². The number of nitrogens with one attached hydrogen (secondary N) is 3. The third kappa shape index (κ3) is 3.75. The van der Waals surface area contributed by atoms with Gasteiger partial charge in [-0.15, -0.1) is 0 Å². The van der Waals surface area contributed by atoms with Gasteiger partial charge in [0.15, 0.2) is 0 Å². The quantitative estimate of drug-likeness (QED) is 0.506. The number of aromatic amines is 2. The second kappa shape index (κ2) is 6.62. The number of carbonyl (C=O) groups excluding carboxylic acids is 2. The second-order valence-corrected chi connectivity index (χ2v) is 4.31. The number of nitrogens with two attached hydrogens (primary N) is 1. The van der Waals surface area contributed by atoms with Gasteiger partial charge in [0.25, 0.3) is 0 Å². The molecule has 2 heterocycles. The summed E-state index contributed by atoms with van der Waals surface area (Å²) in [7, 11) is 0. The molecule has 0 spiro atoms. The molecule has 2 atom stereocenters. The zero-order valence-corrected chi connectivity index (χ0v) is 10.7. The smallest absolute Gasteiger partial charge is 0.237 e. The number of imidazole rings is 2. The Morgan fingerprint density at radius 3 is 2.35 bits per heavy atom. The van der Waals surface area contributed by atoms with Gasteiger partial charge in [0, 0.05) is 25.2 Å². The average molecular weight is 275 g/mol. The lowest BCUT2D eigenvalue weighted by Crippen LogP contribution is -2.47. The van der Waals surface area contributed by atoms with Crippen molar-refractivity contribution in [3.63, 3.8) is 0 Å². The van der Waals surface area contributed by atoms with Crippen molar-refractivity contribution >= 4 is 12.2 Å². The van der Waals surface area contributed by atoms with Crippen LogP contribution in [0.5, 0.6) is 0 Å². The molecule has 0 aliphatic carbocycles. The standard InChI is InChI=1S/C12H15N6O2/c13-11(2-9-4-15-7-17-9)12(20)18-10(5-19)1-8-3-14-6-16-8/h3-4,6-7,10-11H,1-2,13H2,(H,14,16)(H,15,17)(H,18,20)/t10-,11-/m1/s1. The molecule has 20 heavy (non-hydrogen) atoms. The van der Waals surface area contributed by atoms with E-state index >= 15 is 0 Å². The first-order valence-corrected chi connectivity index (χ1v) is 6.08. The maximum absolute atomic E-state index is 11.9. The molecule has 5 N–H and O–H groups in total. The lowest BCUT2D eigenvalue weighted by Gasteiger charge is -2.14. The van der Waals surface area contributed by atoms with Crippen LogP contribution in [0.4, 0.5) is 0 Å². The van der Waals surface area contributed by atoms with Gasteiger partial charge in [-0.1, -0.05) is 0 Å². The van der Waals surface area contributed by atoms with Gasteiger partial charge in [-0.05, 0) is 0 Å². The molecule has 8 nitrogen and oxygen atoms in total. The van der Waals surface area contributed by atoms with Gasteiger partial charge in [0.05, 0.1) is 30.1 Å². The molecular formula is C12H15N6O2. The van der Waals surface area contributed by atoms with Crippen LogP contribution in [0.2, 0.25) is 0 Å². The van der Waals surface area contributed by atoms with Gasteiger partial charge in [-0.3, -0.25) is 9.59 Å². The van der Waals surface area contributed by atoms with E-state index in [9.17, 15) is 9.59 Å². The molecule has 0 unspecified atom stereocenters. The van der Waals surface area contributed by atoms with Crippen molar-refractivity contribution in [2.24, 2.45) is 5.73 Å². The minimum absolute atomic E-state index is 0.272. The van der Waals surface area contributed by atoms with Crippen LogP contribution in [0, 0.1) is 0 Å². The van der Waals surface area contributed by atoms with Gasteiger partial charge in [0.2, 0.25) is 12.2 Å². The number of hydrogen-bond donors (Lipinski definition) is 4. The van der Waals surface area contributed by atoms with Crippen molar-refractivity contribution in [3.8, 4) is 0 Å². The SMILES string of the molecule is N[C@H](Cc1c[nH]cn1)C(=O)N[C@@H]([C]=O)Cc1c[nH]cn1. The molecule has 1 radical (unpaired) electrons. The van der Waals surface area contributed by atoms with Gasteiger partial charge in [-0.25, -0.2) is 9.97 Å². The Bertz CT molecular complexity index is 536. The van der Waals surface area contributed by atoms with Crippen LogP contribution in [0.1, 0.15) is 11.4 Å². The number of carbonyl (C=O) groups is 1. The first kappa shape index (κ1) is 13.9. The molecule has 0 aliphatic heterocycles. The summed E-state index contributed by atoms with van der Waals surface area (Å²) in [6, 6.07) is -1.54. The Labute approximate surface area is 115 Å². The molecule has 8 heteroatoms. The number of H-pyrrole nitrogens is 2. The fourth-order valence-corrected chi connectivity index (χ4v) is 1.73. The maximum Gasteiger partial charge on any atom is 0.237 e. The molecular weight excluding hydrogens is 260 g/mol. The number of nitrogens with zero attached hydrogens (tertiary/aromatic N) is 2. The van der Waals surface area contributed by atoms with Gasteiger partial charge in [-0.2, -0.15) is 0 Å². The molecule has 0 aliphatic rings. The topological polar surface area (TPSA) is 130 Å². The van der Waals surface area contributed by atoms with Crippen LogP contribution in [0.25, 0.3) is 0 Å². The monoisotopic (exact) mass is 275 g/mol. The Morgan fingerprint density at radius 1 is 1.25 bits per heavy atom. The third-order valence-corrected chi connectivity index (χ3v) is 2.75. The summed E-state index contributed by atoms with van der Waals surface area (Å²) in [4.78, 5) is 36.3. The van der Waals surface area contributed by atoms with E-state index in [0.29, 0.717) is 17.8 Å². The van der Waals surface area contributed by atoms with E-state index in [1.807, 2.05) is 0 Å². The third-order valence-electron chi connectivity index (χ3n) is 2.75. The summed E-state index contributed by atoms with van der Waals surface area (Å²) in [6.45, 7) is 0. The summed E-state index contributed by atoms with van der Waals surface area (Å²) in [5.74, 6) is -0.420. The normalized spacial score (nSPS) is 13.7. The Morgan fingerprint density at radius 2 is 1.85 bits per heavy atom. The van der Waals surface area contributed by atoms with Crippen molar-refractivity contribution in [3.05, 3.63) is 36.4 Å². The van der Waals surface area contributed by atoms with Crippen LogP contribution in [0.3, 0.4) is 0 Å². The lowest BCUT2D eigenvalue weighted by atomic mass is 10.1. The lowest BCUT2D eigenvalue weighted by molar-refractivity contribution is -0.122. The van der Waals surface area contributed by atoms with Crippen molar-refractivity contribution < 1.29 is 9.59 Å². The van der Waals surface area contributed by atoms with Crippen molar-refractivity contribution in [2.75, 3.05) is 0 Å². The van der Waals surface area contributed by atoms with Gasteiger partial charge in [0.1, 0.15) is 6.04 Å². The first-order valence-electron chi connectivity index (χ1n) is 6.08. The average Bonchev–Trinajstić information content (AvgIpc) is 3.11. The van der Waals surface area contributed by atoms with Crippen molar-refractivity contribution in [2.45, 2.75) is 24.9 Å². The summed E-state index contributed by atoms with van der Waals surface area (Å²) in [5, 5.41) is 2.54. The predicted molar refractivity (Wildman–Crippen MR) is 70.2 cm³/mol. The highest BCUT2D eigenvalue weighted by Gasteiger charge is 2.20. The molecule has 0 fully saturated rings. The molecule has 0 saturated heterocycles. The zero-order chi connectivity index (χ0) is 14.4. The molecule has 1 amide bonds. The highest BCUT2D eigenvalue weighted by molar-refractivity contribution is 5.84. The number of amides is 1. The Kier molecular flexibility index (Phi) is 4.61. The number of rotatable bonds is 7. The molecule has 0 saturated carbocycles. The molecule has 105 valence electrons. The number of hydrogen-bond acceptors (Lipinski definition) is 5. The highest BCUT2D eigenvalue weighted by atomic mass is 16.2. The summed E-state index contributed by atoms with van der Waals surface area (Å²) in [5.41, 5.74) is 7.12. The van der Waals surface area contributed by atoms with Crippen LogP contribution in [-0.2, 0) is 22.4 Å². The maximum atomic E-state index is 11.9. The van der Waals surface area contributed by atoms with Gasteiger partial charge >= 0.3 is 0 Å². The Hall–Kier alpha value is -2.48. The van der Waals surface area contributed by atoms with E-state index in [2.05, 4.69) is 25.3 Å². The number of aromatic nitrogens is 4. The van der Waals surface area contributed by atoms with Gasteiger partial charge < -0.3 is 21.0 Å². The molecule has 2 aromatic rings. The molecule has 0 bridgehead atoms. The van der Waals surface area contributed by atoms with E-state index in [0.717, 1.165) is 0 Å². The summed E-state index contributed by atoms with van der Waals surface area (Å²) < 4.78 is 0. The van der Waals surface area contributed by atoms with Crippen molar-refractivity contribution in [1.29, 1.82) is 0 Å². The van der Waals surface area contributed by atoms with Crippen LogP contribution in [-0.4, -0.2) is 44.2 Å². The second-order valence-electron chi connectivity index (χ2n) is 4.31. The fourth-order valence-electron chi connectivity index (χ4n) is 1.73. The van der Waals surface area contributed by atoms with Crippen molar-refractivity contribution in [1.82, 2.24) is 25.3 Å². The minimum atomic E-state index is -0.770. The molecule has 2 aromatic heterocycles. The first-order chi connectivity index (χ1) is 9.69. The summed E-state index contributed by atoms with van der Waals surface area (Å²) in [6.07, 6.45) is 8.67. The highest BCUT2D eigenvalue weighted by Crippen LogP contribution is 1.99.